The van der Waals surface area contributed by atoms with E-state index in [2.05, 4.69) is 53.8 Å². The van der Waals surface area contributed by atoms with Crippen molar-refractivity contribution in [3.8, 4) is 0 Å². The van der Waals surface area contributed by atoms with Gasteiger partial charge in [-0.1, -0.05) is 32.4 Å². The van der Waals surface area contributed by atoms with E-state index in [1.807, 2.05) is 6.07 Å². The van der Waals surface area contributed by atoms with Gasteiger partial charge in [-0.2, -0.15) is 0 Å². The van der Waals surface area contributed by atoms with Crippen LogP contribution < -0.4 is 5.32 Å². The fourth-order valence-electron chi connectivity index (χ4n) is 2.86. The van der Waals surface area contributed by atoms with Crippen LogP contribution in [-0.4, -0.2) is 29.6 Å². The van der Waals surface area contributed by atoms with Gasteiger partial charge >= 0.3 is 0 Å². The highest BCUT2D eigenvalue weighted by molar-refractivity contribution is 9.10. The van der Waals surface area contributed by atoms with Crippen molar-refractivity contribution in [2.75, 3.05) is 13.1 Å². The lowest BCUT2D eigenvalue weighted by atomic mass is 9.90. The Morgan fingerprint density at radius 1 is 1.48 bits per heavy atom. The van der Waals surface area contributed by atoms with Crippen LogP contribution in [-0.2, 0) is 6.54 Å². The molecular formula is C17H26BrFN2. The van der Waals surface area contributed by atoms with Gasteiger partial charge in [0.1, 0.15) is 5.82 Å². The Bertz CT molecular complexity index is 490. The Hall–Kier alpha value is -0.450. The normalized spacial score (nSPS) is 24.0. The zero-order valence-corrected chi connectivity index (χ0v) is 15.0. The number of hydrogen-bond donors (Lipinski definition) is 1. The van der Waals surface area contributed by atoms with Gasteiger partial charge in [-0.3, -0.25) is 4.90 Å². The van der Waals surface area contributed by atoms with Crippen LogP contribution in [0.1, 0.15) is 39.7 Å². The van der Waals surface area contributed by atoms with Gasteiger partial charge < -0.3 is 5.32 Å². The van der Waals surface area contributed by atoms with Gasteiger partial charge in [0.15, 0.2) is 0 Å². The van der Waals surface area contributed by atoms with Gasteiger partial charge in [0.25, 0.3) is 0 Å². The van der Waals surface area contributed by atoms with E-state index in [-0.39, 0.29) is 11.4 Å². The molecule has 1 saturated heterocycles. The van der Waals surface area contributed by atoms with Crippen molar-refractivity contribution in [3.05, 3.63) is 34.1 Å². The van der Waals surface area contributed by atoms with E-state index in [9.17, 15) is 4.39 Å². The summed E-state index contributed by atoms with van der Waals surface area (Å²) in [5, 5.41) is 3.67. The molecule has 2 atom stereocenters. The maximum absolute atomic E-state index is 13.7. The second-order valence-corrected chi connectivity index (χ2v) is 7.57. The number of nitrogens with zero attached hydrogens (tertiary/aromatic N) is 1. The van der Waals surface area contributed by atoms with Crippen LogP contribution in [0.2, 0.25) is 0 Å². The second-order valence-electron chi connectivity index (χ2n) is 6.78. The highest BCUT2D eigenvalue weighted by atomic mass is 79.9. The molecular weight excluding hydrogens is 331 g/mol. The van der Waals surface area contributed by atoms with E-state index in [4.69, 9.17) is 0 Å². The predicted octanol–water partition coefficient (Wildman–Crippen LogP) is 4.19. The van der Waals surface area contributed by atoms with E-state index in [0.717, 1.165) is 25.2 Å². The number of benzene rings is 1. The fourth-order valence-corrected chi connectivity index (χ4v) is 3.25. The Labute approximate surface area is 136 Å². The van der Waals surface area contributed by atoms with Crippen molar-refractivity contribution in [2.24, 2.45) is 5.92 Å². The highest BCUT2D eigenvalue weighted by Gasteiger charge is 2.35. The average molecular weight is 357 g/mol. The largest absolute Gasteiger partial charge is 0.311 e. The molecule has 2 rings (SSSR count). The first-order valence-corrected chi connectivity index (χ1v) is 8.55. The summed E-state index contributed by atoms with van der Waals surface area (Å²) in [5.41, 5.74) is 1.10. The molecule has 0 spiro atoms. The van der Waals surface area contributed by atoms with Crippen molar-refractivity contribution in [2.45, 2.75) is 52.2 Å². The van der Waals surface area contributed by atoms with Crippen molar-refractivity contribution in [1.82, 2.24) is 10.2 Å². The van der Waals surface area contributed by atoms with E-state index < -0.39 is 0 Å². The lowest BCUT2D eigenvalue weighted by Crippen LogP contribution is -2.62. The third-order valence-electron chi connectivity index (χ3n) is 4.79. The van der Waals surface area contributed by atoms with Crippen molar-refractivity contribution < 1.29 is 4.39 Å². The monoisotopic (exact) mass is 356 g/mol. The summed E-state index contributed by atoms with van der Waals surface area (Å²) in [6.45, 7) is 11.8. The van der Waals surface area contributed by atoms with E-state index in [1.54, 1.807) is 6.07 Å². The van der Waals surface area contributed by atoms with Gasteiger partial charge in [-0.15, -0.1) is 0 Å². The topological polar surface area (TPSA) is 15.3 Å². The van der Waals surface area contributed by atoms with Crippen LogP contribution in [0, 0.1) is 11.7 Å². The van der Waals surface area contributed by atoms with Gasteiger partial charge in [0, 0.05) is 31.2 Å². The molecule has 1 aliphatic rings. The zero-order valence-electron chi connectivity index (χ0n) is 13.4. The maximum atomic E-state index is 13.7. The maximum Gasteiger partial charge on any atom is 0.137 e. The van der Waals surface area contributed by atoms with Crippen LogP contribution in [0.3, 0.4) is 0 Å². The van der Waals surface area contributed by atoms with Gasteiger partial charge in [-0.05, 0) is 47.3 Å². The molecule has 0 bridgehead atoms. The molecule has 1 fully saturated rings. The molecule has 1 aromatic rings. The van der Waals surface area contributed by atoms with Crippen LogP contribution >= 0.6 is 15.9 Å². The van der Waals surface area contributed by atoms with Gasteiger partial charge in [-0.25, -0.2) is 4.39 Å². The first-order chi connectivity index (χ1) is 9.85. The summed E-state index contributed by atoms with van der Waals surface area (Å²) in [6.07, 6.45) is 1.18. The molecule has 1 N–H and O–H groups in total. The summed E-state index contributed by atoms with van der Waals surface area (Å²) in [6, 6.07) is 5.80. The molecule has 0 amide bonds. The third kappa shape index (κ3) is 3.85. The molecule has 118 valence electrons. The fraction of sp³-hybridized carbons (Fsp3) is 0.647. The summed E-state index contributed by atoms with van der Waals surface area (Å²) in [4.78, 5) is 2.47. The number of piperazine rings is 1. The minimum atomic E-state index is -0.182. The smallest absolute Gasteiger partial charge is 0.137 e. The number of rotatable bonds is 4. The van der Waals surface area contributed by atoms with E-state index in [1.165, 1.54) is 12.5 Å². The first kappa shape index (κ1) is 16.9. The molecule has 0 aliphatic carbocycles. The molecule has 2 nitrogen and oxygen atoms in total. The SMILES string of the molecule is CCC(C)C1CN(Cc2cccc(F)c2Br)C(C)(C)CN1. The quantitative estimate of drug-likeness (QED) is 0.869. The van der Waals surface area contributed by atoms with Crippen LogP contribution in [0.25, 0.3) is 0 Å². The lowest BCUT2D eigenvalue weighted by Gasteiger charge is -2.47. The summed E-state index contributed by atoms with van der Waals surface area (Å²) in [7, 11) is 0. The number of hydrogen-bond acceptors (Lipinski definition) is 2. The molecule has 4 heteroatoms. The lowest BCUT2D eigenvalue weighted by molar-refractivity contribution is 0.0446. The van der Waals surface area contributed by atoms with Crippen molar-refractivity contribution >= 4 is 15.9 Å². The minimum absolute atomic E-state index is 0.0791. The van der Waals surface area contributed by atoms with E-state index in [0.29, 0.717) is 16.4 Å². The van der Waals surface area contributed by atoms with Crippen LogP contribution in [0.15, 0.2) is 22.7 Å². The Kier molecular flexibility index (Phi) is 5.44. The molecule has 21 heavy (non-hydrogen) atoms. The summed E-state index contributed by atoms with van der Waals surface area (Å²) < 4.78 is 14.3. The molecule has 2 unspecified atom stereocenters. The molecule has 0 aromatic heterocycles. The highest BCUT2D eigenvalue weighted by Crippen LogP contribution is 2.28. The molecule has 1 heterocycles. The zero-order chi connectivity index (χ0) is 15.6. The third-order valence-corrected chi connectivity index (χ3v) is 5.68. The van der Waals surface area contributed by atoms with Crippen LogP contribution in [0.5, 0.6) is 0 Å². The summed E-state index contributed by atoms with van der Waals surface area (Å²) >= 11 is 3.38. The molecule has 1 aromatic carbocycles. The van der Waals surface area contributed by atoms with Crippen molar-refractivity contribution in [3.63, 3.8) is 0 Å². The molecule has 1 aliphatic heterocycles. The van der Waals surface area contributed by atoms with Gasteiger partial charge in [0.05, 0.1) is 4.47 Å². The second kappa shape index (κ2) is 6.76. The van der Waals surface area contributed by atoms with Crippen molar-refractivity contribution in [1.29, 1.82) is 0 Å². The Morgan fingerprint density at radius 3 is 2.86 bits per heavy atom. The Balaban J connectivity index is 2.16. The standard InChI is InChI=1S/C17H26BrFN2/c1-5-12(2)15-10-21(17(3,4)11-20-15)9-13-7-6-8-14(19)16(13)18/h6-8,12,15,20H,5,9-11H2,1-4H3. The minimum Gasteiger partial charge on any atom is -0.311 e. The molecule has 0 saturated carbocycles. The van der Waals surface area contributed by atoms with Gasteiger partial charge in [0.2, 0.25) is 0 Å². The molecule has 0 radical (unpaired) electrons. The number of nitrogens with one attached hydrogen (secondary N) is 1. The average Bonchev–Trinajstić information content (AvgIpc) is 2.45. The number of halogens is 2. The van der Waals surface area contributed by atoms with E-state index >= 15 is 0 Å². The Morgan fingerprint density at radius 2 is 2.19 bits per heavy atom. The first-order valence-electron chi connectivity index (χ1n) is 7.76. The predicted molar refractivity (Wildman–Crippen MR) is 89.8 cm³/mol. The summed E-state index contributed by atoms with van der Waals surface area (Å²) in [5.74, 6) is 0.471. The van der Waals surface area contributed by atoms with Crippen LogP contribution in [0.4, 0.5) is 4.39 Å².